The van der Waals surface area contributed by atoms with E-state index in [1.165, 1.54) is 21.6 Å². The maximum atomic E-state index is 9.29. The molecule has 96 valence electrons. The van der Waals surface area contributed by atoms with E-state index < -0.39 is 0 Å². The van der Waals surface area contributed by atoms with Crippen LogP contribution in [0.5, 0.6) is 0 Å². The fourth-order valence-corrected chi connectivity index (χ4v) is 3.55. The molecule has 1 aromatic carbocycles. The molecular weight excluding hydrogens is 252 g/mol. The largest absolute Gasteiger partial charge is 0.239 e. The first-order chi connectivity index (χ1) is 9.05. The van der Waals surface area contributed by atoms with Gasteiger partial charge in [0.2, 0.25) is 0 Å². The Balaban J connectivity index is 2.09. The Morgan fingerprint density at radius 1 is 1.26 bits per heavy atom. The highest BCUT2D eigenvalue weighted by atomic mass is 32.1. The lowest BCUT2D eigenvalue weighted by Crippen LogP contribution is -2.01. The van der Waals surface area contributed by atoms with E-state index in [9.17, 15) is 5.26 Å². The van der Waals surface area contributed by atoms with Gasteiger partial charge in [0.15, 0.2) is 0 Å². The van der Waals surface area contributed by atoms with Crippen LogP contribution in [0.2, 0.25) is 0 Å². The van der Waals surface area contributed by atoms with Gasteiger partial charge in [-0.2, -0.15) is 5.26 Å². The Bertz CT molecular complexity index is 687. The monoisotopic (exact) mass is 268 g/mol. The summed E-state index contributed by atoms with van der Waals surface area (Å²) in [6, 6.07) is 8.88. The molecule has 0 atom stereocenters. The third-order valence-electron chi connectivity index (χ3n) is 3.81. The Hall–Kier alpha value is -1.66. The van der Waals surface area contributed by atoms with Gasteiger partial charge >= 0.3 is 0 Å². The molecule has 0 unspecified atom stereocenters. The third-order valence-corrected chi connectivity index (χ3v) is 4.98. The van der Waals surface area contributed by atoms with Crippen LogP contribution in [0.1, 0.15) is 33.9 Å². The summed E-state index contributed by atoms with van der Waals surface area (Å²) < 4.78 is 0. The van der Waals surface area contributed by atoms with Crippen molar-refractivity contribution in [2.24, 2.45) is 0 Å². The first-order valence-corrected chi connectivity index (χ1v) is 7.34. The van der Waals surface area contributed by atoms with Crippen LogP contribution in [0.15, 0.2) is 18.2 Å². The Labute approximate surface area is 117 Å². The SMILES string of the molecule is Cc1ccc(-c2nc(C3(C#N)CC3)sc2C)c(C)c1. The van der Waals surface area contributed by atoms with Crippen molar-refractivity contribution >= 4 is 11.3 Å². The summed E-state index contributed by atoms with van der Waals surface area (Å²) in [6.07, 6.45) is 1.92. The molecule has 0 saturated heterocycles. The van der Waals surface area contributed by atoms with Crippen molar-refractivity contribution in [3.63, 3.8) is 0 Å². The van der Waals surface area contributed by atoms with E-state index >= 15 is 0 Å². The molecule has 0 bridgehead atoms. The number of aryl methyl sites for hydroxylation is 3. The minimum absolute atomic E-state index is 0.272. The summed E-state index contributed by atoms with van der Waals surface area (Å²) in [5.74, 6) is 0. The molecule has 3 rings (SSSR count). The second-order valence-corrected chi connectivity index (χ2v) is 6.64. The zero-order valence-corrected chi connectivity index (χ0v) is 12.3. The number of benzene rings is 1. The fraction of sp³-hybridized carbons (Fsp3) is 0.375. The predicted octanol–water partition coefficient (Wildman–Crippen LogP) is 4.29. The molecule has 1 heterocycles. The highest BCUT2D eigenvalue weighted by Gasteiger charge is 2.48. The van der Waals surface area contributed by atoms with Crippen LogP contribution >= 0.6 is 11.3 Å². The van der Waals surface area contributed by atoms with E-state index in [1.54, 1.807) is 11.3 Å². The maximum absolute atomic E-state index is 9.29. The Morgan fingerprint density at radius 2 is 2.00 bits per heavy atom. The molecule has 0 radical (unpaired) electrons. The molecule has 1 aromatic heterocycles. The lowest BCUT2D eigenvalue weighted by molar-refractivity contribution is 0.891. The van der Waals surface area contributed by atoms with Gasteiger partial charge in [-0.1, -0.05) is 23.8 Å². The van der Waals surface area contributed by atoms with E-state index in [4.69, 9.17) is 4.98 Å². The molecule has 0 amide bonds. The summed E-state index contributed by atoms with van der Waals surface area (Å²) in [6.45, 7) is 6.33. The maximum Gasteiger partial charge on any atom is 0.114 e. The highest BCUT2D eigenvalue weighted by Crippen LogP contribution is 2.50. The van der Waals surface area contributed by atoms with Crippen molar-refractivity contribution in [3.8, 4) is 17.3 Å². The molecule has 3 heteroatoms. The second kappa shape index (κ2) is 4.18. The molecule has 0 spiro atoms. The normalized spacial score (nSPS) is 16.1. The van der Waals surface area contributed by atoms with Crippen LogP contribution in [-0.2, 0) is 5.41 Å². The van der Waals surface area contributed by atoms with Crippen molar-refractivity contribution in [2.75, 3.05) is 0 Å². The summed E-state index contributed by atoms with van der Waals surface area (Å²) >= 11 is 1.68. The smallest absolute Gasteiger partial charge is 0.114 e. The van der Waals surface area contributed by atoms with Gasteiger partial charge in [0.1, 0.15) is 10.4 Å². The van der Waals surface area contributed by atoms with E-state index in [0.29, 0.717) is 0 Å². The number of hydrogen-bond acceptors (Lipinski definition) is 3. The first kappa shape index (κ1) is 12.4. The summed E-state index contributed by atoms with van der Waals surface area (Å²) in [7, 11) is 0. The molecule has 2 nitrogen and oxygen atoms in total. The van der Waals surface area contributed by atoms with Gasteiger partial charge in [-0.05, 0) is 39.2 Å². The third kappa shape index (κ3) is 1.97. The Morgan fingerprint density at radius 3 is 2.58 bits per heavy atom. The minimum atomic E-state index is -0.272. The van der Waals surface area contributed by atoms with Crippen molar-refractivity contribution in [2.45, 2.75) is 39.0 Å². The number of nitrogens with zero attached hydrogens (tertiary/aromatic N) is 2. The first-order valence-electron chi connectivity index (χ1n) is 6.52. The predicted molar refractivity (Wildman–Crippen MR) is 78.3 cm³/mol. The van der Waals surface area contributed by atoms with Gasteiger partial charge in [0, 0.05) is 10.4 Å². The number of rotatable bonds is 2. The summed E-state index contributed by atoms with van der Waals surface area (Å²) in [5.41, 5.74) is 4.50. The average Bonchev–Trinajstić information content (AvgIpc) is 3.08. The zero-order chi connectivity index (χ0) is 13.6. The van der Waals surface area contributed by atoms with E-state index in [0.717, 1.165) is 23.5 Å². The van der Waals surface area contributed by atoms with Crippen LogP contribution in [0, 0.1) is 32.1 Å². The van der Waals surface area contributed by atoms with E-state index in [2.05, 4.69) is 45.0 Å². The number of hydrogen-bond donors (Lipinski definition) is 0. The minimum Gasteiger partial charge on any atom is -0.239 e. The Kier molecular flexibility index (Phi) is 2.72. The number of nitriles is 1. The topological polar surface area (TPSA) is 36.7 Å². The van der Waals surface area contributed by atoms with Crippen molar-refractivity contribution < 1.29 is 0 Å². The second-order valence-electron chi connectivity index (χ2n) is 5.44. The van der Waals surface area contributed by atoms with Crippen molar-refractivity contribution in [1.82, 2.24) is 4.98 Å². The van der Waals surface area contributed by atoms with Crippen molar-refractivity contribution in [3.05, 3.63) is 39.2 Å². The van der Waals surface area contributed by atoms with Gasteiger partial charge in [0.05, 0.1) is 11.8 Å². The molecule has 1 aliphatic carbocycles. The van der Waals surface area contributed by atoms with Gasteiger partial charge in [0.25, 0.3) is 0 Å². The van der Waals surface area contributed by atoms with Crippen LogP contribution in [-0.4, -0.2) is 4.98 Å². The fourth-order valence-electron chi connectivity index (χ4n) is 2.43. The average molecular weight is 268 g/mol. The van der Waals surface area contributed by atoms with E-state index in [1.807, 2.05) is 0 Å². The number of thiazole rings is 1. The van der Waals surface area contributed by atoms with Crippen LogP contribution in [0.4, 0.5) is 0 Å². The highest BCUT2D eigenvalue weighted by molar-refractivity contribution is 7.12. The van der Waals surface area contributed by atoms with Crippen molar-refractivity contribution in [1.29, 1.82) is 5.26 Å². The summed E-state index contributed by atoms with van der Waals surface area (Å²) in [4.78, 5) is 5.98. The molecule has 1 fully saturated rings. The lowest BCUT2D eigenvalue weighted by Gasteiger charge is -2.05. The van der Waals surface area contributed by atoms with E-state index in [-0.39, 0.29) is 5.41 Å². The molecule has 1 aliphatic rings. The van der Waals surface area contributed by atoms with Crippen LogP contribution in [0.25, 0.3) is 11.3 Å². The lowest BCUT2D eigenvalue weighted by atomic mass is 10.0. The number of aromatic nitrogens is 1. The molecule has 0 N–H and O–H groups in total. The quantitative estimate of drug-likeness (QED) is 0.814. The standard InChI is InChI=1S/C16H16N2S/c1-10-4-5-13(11(2)8-10)14-12(3)19-15(18-14)16(9-17)6-7-16/h4-5,8H,6-7H2,1-3H3. The van der Waals surface area contributed by atoms with Gasteiger partial charge < -0.3 is 0 Å². The van der Waals surface area contributed by atoms with Gasteiger partial charge in [-0.15, -0.1) is 11.3 Å². The molecular formula is C16H16N2S. The molecule has 2 aromatic rings. The van der Waals surface area contributed by atoms with Crippen LogP contribution in [0.3, 0.4) is 0 Å². The summed E-state index contributed by atoms with van der Waals surface area (Å²) in [5, 5.41) is 10.3. The van der Waals surface area contributed by atoms with Gasteiger partial charge in [-0.25, -0.2) is 4.98 Å². The molecule has 0 aliphatic heterocycles. The molecule has 19 heavy (non-hydrogen) atoms. The molecule has 1 saturated carbocycles. The van der Waals surface area contributed by atoms with Crippen LogP contribution < -0.4 is 0 Å². The van der Waals surface area contributed by atoms with Gasteiger partial charge in [-0.3, -0.25) is 0 Å². The zero-order valence-electron chi connectivity index (χ0n) is 11.4.